The summed E-state index contributed by atoms with van der Waals surface area (Å²) in [5.74, 6) is 7.24. The van der Waals surface area contributed by atoms with Crippen LogP contribution in [0.1, 0.15) is 20.8 Å². The van der Waals surface area contributed by atoms with Gasteiger partial charge in [-0.15, -0.1) is 0 Å². The molecule has 5 heteroatoms. The summed E-state index contributed by atoms with van der Waals surface area (Å²) >= 11 is -1.44. The van der Waals surface area contributed by atoms with Crippen molar-refractivity contribution in [3.05, 3.63) is 24.3 Å². The van der Waals surface area contributed by atoms with Crippen molar-refractivity contribution in [2.24, 2.45) is 0 Å². The summed E-state index contributed by atoms with van der Waals surface area (Å²) < 4.78 is 1.61. The Morgan fingerprint density at radius 3 is 1.11 bits per heavy atom. The van der Waals surface area contributed by atoms with Crippen LogP contribution in [0.2, 0.25) is 17.3 Å². The van der Waals surface area contributed by atoms with Crippen molar-refractivity contribution in [1.82, 2.24) is 0 Å². The minimum absolute atomic E-state index is 0. The van der Waals surface area contributed by atoms with Crippen molar-refractivity contribution in [1.29, 1.82) is 0 Å². The fraction of sp³-hybridized carbons (Fsp3) is 0.643. The minimum Gasteiger partial charge on any atom is 0 e. The second kappa shape index (κ2) is 21.0. The number of hydrogen-bond acceptors (Lipinski definition) is 3. The van der Waals surface area contributed by atoms with E-state index < -0.39 is 13.3 Å². The van der Waals surface area contributed by atoms with Crippen LogP contribution in [0.3, 0.4) is 0 Å². The van der Waals surface area contributed by atoms with E-state index in [1.807, 2.05) is 0 Å². The van der Waals surface area contributed by atoms with Gasteiger partial charge in [-0.25, -0.2) is 0 Å². The van der Waals surface area contributed by atoms with E-state index in [-0.39, 0.29) is 45.7 Å². The molecule has 0 bridgehead atoms. The van der Waals surface area contributed by atoms with E-state index in [4.69, 9.17) is 15.3 Å². The largest absolute Gasteiger partial charge is 0 e. The summed E-state index contributed by atoms with van der Waals surface area (Å²) in [6.07, 6.45) is 0. The van der Waals surface area contributed by atoms with Crippen LogP contribution >= 0.6 is 0 Å². The Morgan fingerprint density at radius 1 is 0.789 bits per heavy atom. The Kier molecular flexibility index (Phi) is 30.8. The first-order valence-corrected chi connectivity index (χ1v) is 13.7. The van der Waals surface area contributed by atoms with E-state index in [1.54, 1.807) is 25.2 Å². The molecule has 1 aromatic rings. The van der Waals surface area contributed by atoms with Gasteiger partial charge in [0.2, 0.25) is 0 Å². The third kappa shape index (κ3) is 27.7. The van der Waals surface area contributed by atoms with Crippen molar-refractivity contribution in [3.8, 4) is 0 Å². The van der Waals surface area contributed by atoms with Gasteiger partial charge in [0, 0.05) is 45.7 Å². The molecule has 0 spiro atoms. The fourth-order valence-corrected chi connectivity index (χ4v) is 3.38. The SMILES string of the molecule is CCO.CCO.CCO.[CH3][Ge]([CH3])([CH3])[c-]1cccc1.[Hf]. The smallest absolute Gasteiger partial charge is 0 e. The molecule has 0 radical (unpaired) electrons. The van der Waals surface area contributed by atoms with Gasteiger partial charge in [0.25, 0.3) is 0 Å². The number of aliphatic hydroxyl groups is 3. The summed E-state index contributed by atoms with van der Waals surface area (Å²) in [6.45, 7) is 5.79. The van der Waals surface area contributed by atoms with Crippen LogP contribution in [0.25, 0.3) is 0 Å². The van der Waals surface area contributed by atoms with Crippen LogP contribution in [0.5, 0.6) is 0 Å². The molecular formula is C14H31GeHfO3-. The van der Waals surface area contributed by atoms with Crippen LogP contribution in [-0.2, 0) is 25.8 Å². The Hall–Kier alpha value is 0.643. The Balaban J connectivity index is -0.0000000956. The Bertz CT molecular complexity index is 216. The monoisotopic (exact) mass is 501 g/mol. The average Bonchev–Trinajstić information content (AvgIpc) is 2.72. The molecule has 0 amide bonds. The van der Waals surface area contributed by atoms with Crippen LogP contribution in [0.15, 0.2) is 24.3 Å². The van der Waals surface area contributed by atoms with Gasteiger partial charge in [0.15, 0.2) is 0 Å². The van der Waals surface area contributed by atoms with Crippen molar-refractivity contribution < 1.29 is 41.2 Å². The van der Waals surface area contributed by atoms with Crippen LogP contribution < -0.4 is 4.40 Å². The molecule has 3 nitrogen and oxygen atoms in total. The summed E-state index contributed by atoms with van der Waals surface area (Å²) in [6, 6.07) is 8.76. The summed E-state index contributed by atoms with van der Waals surface area (Å²) in [5, 5.41) is 22.7. The molecule has 0 unspecified atom stereocenters. The molecule has 1 aromatic carbocycles. The first kappa shape index (κ1) is 27.9. The maximum atomic E-state index is 7.57. The predicted molar refractivity (Wildman–Crippen MR) is 83.3 cm³/mol. The first-order valence-electron chi connectivity index (χ1n) is 6.40. The number of aliphatic hydroxyl groups excluding tert-OH is 3. The van der Waals surface area contributed by atoms with E-state index in [1.165, 1.54) is 0 Å². The van der Waals surface area contributed by atoms with E-state index in [0.29, 0.717) is 0 Å². The minimum atomic E-state index is -1.44. The second-order valence-electron chi connectivity index (χ2n) is 4.37. The molecule has 0 saturated carbocycles. The fourth-order valence-electron chi connectivity index (χ4n) is 0.874. The average molecular weight is 498 g/mol. The zero-order valence-electron chi connectivity index (χ0n) is 13.3. The van der Waals surface area contributed by atoms with Crippen molar-refractivity contribution in [3.63, 3.8) is 0 Å². The molecule has 1 rings (SSSR count). The van der Waals surface area contributed by atoms with Crippen LogP contribution in [-0.4, -0.2) is 48.4 Å². The van der Waals surface area contributed by atoms with Crippen molar-refractivity contribution in [2.45, 2.75) is 38.0 Å². The molecule has 114 valence electrons. The predicted octanol–water partition coefficient (Wildman–Crippen LogP) is 1.94. The zero-order valence-corrected chi connectivity index (χ0v) is 19.0. The first-order chi connectivity index (χ1) is 8.35. The molecule has 19 heavy (non-hydrogen) atoms. The van der Waals surface area contributed by atoms with Gasteiger partial charge < -0.3 is 15.3 Å². The standard InChI is InChI=1S/C8H13Ge.3C2H6O.Hf/c1-9(2,3)8-6-4-5-7-8;3*1-2-3;/h4-7H,1-3H3;3*3H,2H2,1H3;/q-1;;;;. The summed E-state index contributed by atoms with van der Waals surface area (Å²) in [7, 11) is 0. The van der Waals surface area contributed by atoms with Gasteiger partial charge in [0.05, 0.1) is 0 Å². The van der Waals surface area contributed by atoms with Crippen LogP contribution in [0, 0.1) is 0 Å². The molecule has 3 N–H and O–H groups in total. The quantitative estimate of drug-likeness (QED) is 0.410. The third-order valence-corrected chi connectivity index (χ3v) is 5.86. The summed E-state index contributed by atoms with van der Waals surface area (Å²) in [5.41, 5.74) is 0. The second-order valence-corrected chi connectivity index (χ2v) is 15.0. The normalized spacial score (nSPS) is 8.47. The number of hydrogen-bond donors (Lipinski definition) is 3. The van der Waals surface area contributed by atoms with E-state index in [0.717, 1.165) is 0 Å². The molecule has 0 saturated heterocycles. The third-order valence-electron chi connectivity index (χ3n) is 1.53. The van der Waals surface area contributed by atoms with E-state index in [2.05, 4.69) is 41.5 Å². The molecule has 0 aliphatic rings. The van der Waals surface area contributed by atoms with Crippen LogP contribution in [0.4, 0.5) is 0 Å². The van der Waals surface area contributed by atoms with Crippen molar-refractivity contribution >= 4 is 17.7 Å². The Morgan fingerprint density at radius 2 is 1.00 bits per heavy atom. The molecule has 0 aromatic heterocycles. The molecular weight excluding hydrogens is 467 g/mol. The maximum Gasteiger partial charge on any atom is 0 e. The maximum absolute atomic E-state index is 7.57. The van der Waals surface area contributed by atoms with E-state index >= 15 is 0 Å². The van der Waals surface area contributed by atoms with Gasteiger partial charge in [0.1, 0.15) is 0 Å². The molecule has 0 fully saturated rings. The topological polar surface area (TPSA) is 60.7 Å². The molecule has 0 atom stereocenters. The number of rotatable bonds is 1. The van der Waals surface area contributed by atoms with Gasteiger partial charge >= 0.3 is 59.2 Å². The van der Waals surface area contributed by atoms with Gasteiger partial charge in [-0.1, -0.05) is 0 Å². The molecule has 0 aliphatic heterocycles. The zero-order chi connectivity index (χ0) is 15.0. The Labute approximate surface area is 140 Å². The molecule has 0 heterocycles. The summed E-state index contributed by atoms with van der Waals surface area (Å²) in [4.78, 5) is 0. The van der Waals surface area contributed by atoms with E-state index in [9.17, 15) is 0 Å². The molecule has 0 aliphatic carbocycles. The van der Waals surface area contributed by atoms with Gasteiger partial charge in [-0.05, 0) is 20.8 Å². The van der Waals surface area contributed by atoms with Gasteiger partial charge in [-0.3, -0.25) is 0 Å². The van der Waals surface area contributed by atoms with Crippen molar-refractivity contribution in [2.75, 3.05) is 19.8 Å². The van der Waals surface area contributed by atoms with Gasteiger partial charge in [-0.2, -0.15) is 0 Å².